The Kier molecular flexibility index (Phi) is 4.15. The number of hydrogen-bond donors (Lipinski definition) is 3. The Bertz CT molecular complexity index is 598. The van der Waals surface area contributed by atoms with Crippen LogP contribution in [0.25, 0.3) is 0 Å². The van der Waals surface area contributed by atoms with Crippen molar-refractivity contribution in [3.05, 3.63) is 30.0 Å². The van der Waals surface area contributed by atoms with Gasteiger partial charge < -0.3 is 24.9 Å². The Morgan fingerprint density at radius 3 is 2.59 bits per heavy atom. The van der Waals surface area contributed by atoms with Gasteiger partial charge >= 0.3 is 17.9 Å². The Morgan fingerprint density at radius 2 is 2.09 bits per heavy atom. The predicted octanol–water partition coefficient (Wildman–Crippen LogP) is -0.285. The van der Waals surface area contributed by atoms with Crippen LogP contribution < -0.4 is 5.32 Å². The number of carbonyl (C=O) groups is 3. The second kappa shape index (κ2) is 5.88. The third kappa shape index (κ3) is 3.62. The summed E-state index contributed by atoms with van der Waals surface area (Å²) in [5.74, 6) is -4.24. The molecule has 1 saturated heterocycles. The minimum Gasteiger partial charge on any atom is -0.480 e. The Labute approximate surface area is 125 Å². The number of cyclic esters (lactones) is 2. The fraction of sp³-hybridized carbons (Fsp3) is 0.385. The Hall–Kier alpha value is -2.84. The van der Waals surface area contributed by atoms with Gasteiger partial charge in [-0.3, -0.25) is 0 Å². The van der Waals surface area contributed by atoms with Gasteiger partial charge in [-0.05, 0) is 0 Å². The SMILES string of the molecule is CC1(C)OC(=O)C(=CN[C@@H](Cc2cnc[nH]2)C(=O)O)C(=O)O1. The van der Waals surface area contributed by atoms with Crippen LogP contribution in [0.4, 0.5) is 0 Å². The van der Waals surface area contributed by atoms with Crippen LogP contribution in [0.15, 0.2) is 24.3 Å². The van der Waals surface area contributed by atoms with Gasteiger partial charge in [-0.2, -0.15) is 0 Å². The highest BCUT2D eigenvalue weighted by Gasteiger charge is 2.39. The first-order valence-corrected chi connectivity index (χ1v) is 6.41. The first-order chi connectivity index (χ1) is 10.3. The van der Waals surface area contributed by atoms with E-state index in [1.165, 1.54) is 26.4 Å². The second-order valence-corrected chi connectivity index (χ2v) is 5.08. The molecule has 0 radical (unpaired) electrons. The fourth-order valence-electron chi connectivity index (χ4n) is 1.80. The van der Waals surface area contributed by atoms with Crippen LogP contribution >= 0.6 is 0 Å². The number of aromatic amines is 1. The van der Waals surface area contributed by atoms with E-state index in [2.05, 4.69) is 15.3 Å². The number of imidazole rings is 1. The zero-order valence-corrected chi connectivity index (χ0v) is 12.0. The molecule has 2 rings (SSSR count). The summed E-state index contributed by atoms with van der Waals surface area (Å²) in [5.41, 5.74) is 0.198. The molecular formula is C13H15N3O6. The van der Waals surface area contributed by atoms with Gasteiger partial charge in [0.25, 0.3) is 5.79 Å². The average molecular weight is 309 g/mol. The number of nitrogens with one attached hydrogen (secondary N) is 2. The standard InChI is InChI=1S/C13H15N3O6/c1-13(2)21-11(19)8(12(20)22-13)5-15-9(10(17)18)3-7-4-14-6-16-7/h4-6,9,15H,3H2,1-2H3,(H,14,16)(H,17,18)/t9-/m0/s1. The van der Waals surface area contributed by atoms with E-state index in [0.717, 1.165) is 6.20 Å². The van der Waals surface area contributed by atoms with Gasteiger partial charge in [-0.1, -0.05) is 0 Å². The summed E-state index contributed by atoms with van der Waals surface area (Å²) >= 11 is 0. The van der Waals surface area contributed by atoms with E-state index in [1.54, 1.807) is 0 Å². The molecule has 1 fully saturated rings. The van der Waals surface area contributed by atoms with Crippen LogP contribution in [0.1, 0.15) is 19.5 Å². The number of esters is 2. The van der Waals surface area contributed by atoms with Crippen molar-refractivity contribution >= 4 is 17.9 Å². The van der Waals surface area contributed by atoms with Crippen LogP contribution in [-0.2, 0) is 30.3 Å². The summed E-state index contributed by atoms with van der Waals surface area (Å²) in [6.07, 6.45) is 3.99. The van der Waals surface area contributed by atoms with Gasteiger partial charge in [-0.15, -0.1) is 0 Å². The van der Waals surface area contributed by atoms with Crippen LogP contribution in [0.3, 0.4) is 0 Å². The lowest BCUT2D eigenvalue weighted by Gasteiger charge is -2.29. The Balaban J connectivity index is 2.09. The van der Waals surface area contributed by atoms with Crippen molar-refractivity contribution in [1.29, 1.82) is 0 Å². The highest BCUT2D eigenvalue weighted by molar-refractivity contribution is 6.15. The molecule has 0 amide bonds. The van der Waals surface area contributed by atoms with E-state index >= 15 is 0 Å². The third-order valence-electron chi connectivity index (χ3n) is 2.82. The number of carboxylic acids is 1. The van der Waals surface area contributed by atoms with E-state index in [9.17, 15) is 14.4 Å². The minimum absolute atomic E-state index is 0.0920. The second-order valence-electron chi connectivity index (χ2n) is 5.08. The molecule has 118 valence electrons. The van der Waals surface area contributed by atoms with Gasteiger partial charge in [0.1, 0.15) is 6.04 Å². The normalized spacial score (nSPS) is 18.2. The predicted molar refractivity (Wildman–Crippen MR) is 71.2 cm³/mol. The van der Waals surface area contributed by atoms with Crippen molar-refractivity contribution < 1.29 is 29.0 Å². The first kappa shape index (κ1) is 15.5. The molecule has 22 heavy (non-hydrogen) atoms. The van der Waals surface area contributed by atoms with Crippen molar-refractivity contribution in [2.75, 3.05) is 0 Å². The number of aliphatic carboxylic acids is 1. The van der Waals surface area contributed by atoms with Crippen LogP contribution in [0.5, 0.6) is 0 Å². The van der Waals surface area contributed by atoms with E-state index in [-0.39, 0.29) is 6.42 Å². The number of hydrogen-bond acceptors (Lipinski definition) is 7. The number of H-pyrrole nitrogens is 1. The lowest BCUT2D eigenvalue weighted by molar-refractivity contribution is -0.222. The van der Waals surface area contributed by atoms with Gasteiger partial charge in [0.15, 0.2) is 5.57 Å². The highest BCUT2D eigenvalue weighted by atomic mass is 16.7. The minimum atomic E-state index is -1.34. The smallest absolute Gasteiger partial charge is 0.350 e. The molecule has 0 bridgehead atoms. The largest absolute Gasteiger partial charge is 0.480 e. The maximum atomic E-state index is 11.7. The van der Waals surface area contributed by atoms with Crippen LogP contribution in [0, 0.1) is 0 Å². The highest BCUT2D eigenvalue weighted by Crippen LogP contribution is 2.22. The Morgan fingerprint density at radius 1 is 1.45 bits per heavy atom. The molecule has 1 aromatic heterocycles. The van der Waals surface area contributed by atoms with Crippen molar-refractivity contribution in [2.45, 2.75) is 32.1 Å². The van der Waals surface area contributed by atoms with Gasteiger partial charge in [0, 0.05) is 38.4 Å². The third-order valence-corrected chi connectivity index (χ3v) is 2.82. The summed E-state index contributed by atoms with van der Waals surface area (Å²) in [6, 6.07) is -1.05. The molecule has 3 N–H and O–H groups in total. The molecule has 0 aliphatic carbocycles. The molecule has 1 aromatic rings. The number of nitrogens with zero attached hydrogens (tertiary/aromatic N) is 1. The van der Waals surface area contributed by atoms with Crippen molar-refractivity contribution in [1.82, 2.24) is 15.3 Å². The maximum absolute atomic E-state index is 11.7. The van der Waals surface area contributed by atoms with Crippen LogP contribution in [0.2, 0.25) is 0 Å². The zero-order chi connectivity index (χ0) is 16.3. The van der Waals surface area contributed by atoms with Crippen molar-refractivity contribution in [3.8, 4) is 0 Å². The number of carbonyl (C=O) groups excluding carboxylic acids is 2. The van der Waals surface area contributed by atoms with Gasteiger partial charge in [0.05, 0.1) is 6.33 Å². The molecule has 0 unspecified atom stereocenters. The number of carboxylic acid groups (broad SMARTS) is 1. The van der Waals surface area contributed by atoms with E-state index < -0.39 is 35.3 Å². The molecule has 0 aromatic carbocycles. The molecule has 2 heterocycles. The molecule has 1 aliphatic heterocycles. The van der Waals surface area contributed by atoms with E-state index in [4.69, 9.17) is 14.6 Å². The quantitative estimate of drug-likeness (QED) is 0.384. The molecule has 0 saturated carbocycles. The summed E-state index contributed by atoms with van der Waals surface area (Å²) < 4.78 is 9.80. The maximum Gasteiger partial charge on any atom is 0.350 e. The number of aromatic nitrogens is 2. The monoisotopic (exact) mass is 309 g/mol. The number of rotatable bonds is 5. The lowest BCUT2D eigenvalue weighted by atomic mass is 10.1. The fourth-order valence-corrected chi connectivity index (χ4v) is 1.80. The molecule has 1 aliphatic rings. The molecule has 9 nitrogen and oxygen atoms in total. The topological polar surface area (TPSA) is 131 Å². The van der Waals surface area contributed by atoms with Crippen LogP contribution in [-0.4, -0.2) is 44.8 Å². The molecule has 9 heteroatoms. The lowest BCUT2D eigenvalue weighted by Crippen LogP contribution is -2.43. The van der Waals surface area contributed by atoms with E-state index in [0.29, 0.717) is 5.69 Å². The zero-order valence-electron chi connectivity index (χ0n) is 12.0. The first-order valence-electron chi connectivity index (χ1n) is 6.41. The number of ether oxygens (including phenoxy) is 2. The van der Waals surface area contributed by atoms with Crippen molar-refractivity contribution in [3.63, 3.8) is 0 Å². The summed E-state index contributed by atoms with van der Waals surface area (Å²) in [5, 5.41) is 11.7. The summed E-state index contributed by atoms with van der Waals surface area (Å²) in [7, 11) is 0. The van der Waals surface area contributed by atoms with Gasteiger partial charge in [-0.25, -0.2) is 19.4 Å². The van der Waals surface area contributed by atoms with Crippen molar-refractivity contribution in [2.24, 2.45) is 0 Å². The van der Waals surface area contributed by atoms with E-state index in [1.807, 2.05) is 0 Å². The molecule has 1 atom stereocenters. The summed E-state index contributed by atoms with van der Waals surface area (Å²) in [6.45, 7) is 2.84. The molecular weight excluding hydrogens is 294 g/mol. The van der Waals surface area contributed by atoms with Gasteiger partial charge in [0.2, 0.25) is 0 Å². The molecule has 0 spiro atoms. The average Bonchev–Trinajstić information content (AvgIpc) is 2.87. The summed E-state index contributed by atoms with van der Waals surface area (Å²) in [4.78, 5) is 41.2.